The molecule has 0 spiro atoms. The van der Waals surface area contributed by atoms with E-state index < -0.39 is 0 Å². The van der Waals surface area contributed by atoms with Gasteiger partial charge in [0, 0.05) is 27.2 Å². The molecule has 0 bridgehead atoms. The Morgan fingerprint density at radius 1 is 1.28 bits per heavy atom. The fourth-order valence-electron chi connectivity index (χ4n) is 2.22. The van der Waals surface area contributed by atoms with Gasteiger partial charge in [0.25, 0.3) is 0 Å². The van der Waals surface area contributed by atoms with E-state index in [4.69, 9.17) is 0 Å². The Balaban J connectivity index is 2.65. The molecule has 1 aliphatic rings. The van der Waals surface area contributed by atoms with Crippen LogP contribution in [-0.2, 0) is 9.59 Å². The van der Waals surface area contributed by atoms with Gasteiger partial charge in [-0.1, -0.05) is 13.8 Å². The first-order chi connectivity index (χ1) is 8.47. The minimum absolute atomic E-state index is 0.0181. The summed E-state index contributed by atoms with van der Waals surface area (Å²) in [5, 5.41) is 3.23. The lowest BCUT2D eigenvalue weighted by Gasteiger charge is -2.27. The summed E-state index contributed by atoms with van der Waals surface area (Å²) in [6.07, 6.45) is 0.876. The molecule has 1 aliphatic heterocycles. The van der Waals surface area contributed by atoms with Gasteiger partial charge in [-0.25, -0.2) is 0 Å². The van der Waals surface area contributed by atoms with Gasteiger partial charge in [-0.3, -0.25) is 9.59 Å². The molecule has 0 aromatic heterocycles. The van der Waals surface area contributed by atoms with Gasteiger partial charge in [-0.15, -0.1) is 0 Å². The third-order valence-electron chi connectivity index (χ3n) is 3.46. The highest BCUT2D eigenvalue weighted by atomic mass is 16.2. The van der Waals surface area contributed by atoms with E-state index in [-0.39, 0.29) is 24.3 Å². The molecule has 0 radical (unpaired) electrons. The summed E-state index contributed by atoms with van der Waals surface area (Å²) >= 11 is 0. The van der Waals surface area contributed by atoms with Crippen LogP contribution in [0.4, 0.5) is 0 Å². The van der Waals surface area contributed by atoms with Crippen molar-refractivity contribution in [3.63, 3.8) is 0 Å². The second kappa shape index (κ2) is 6.73. The molecule has 0 saturated carbocycles. The average Bonchev–Trinajstić information content (AvgIpc) is 2.73. The maximum absolute atomic E-state index is 12.4. The molecule has 104 valence electrons. The van der Waals surface area contributed by atoms with Crippen LogP contribution in [0.2, 0.25) is 0 Å². The number of carbonyl (C=O) groups is 2. The second-order valence-electron chi connectivity index (χ2n) is 5.29. The predicted molar refractivity (Wildman–Crippen MR) is 71.1 cm³/mol. The number of nitrogens with zero attached hydrogens (tertiary/aromatic N) is 2. The summed E-state index contributed by atoms with van der Waals surface area (Å²) in [6.45, 7) is 6.58. The third kappa shape index (κ3) is 3.70. The molecule has 1 N–H and O–H groups in total. The molecule has 1 saturated heterocycles. The van der Waals surface area contributed by atoms with Crippen molar-refractivity contribution >= 4 is 11.8 Å². The van der Waals surface area contributed by atoms with Gasteiger partial charge in [-0.05, 0) is 18.9 Å². The zero-order valence-corrected chi connectivity index (χ0v) is 11.9. The fraction of sp³-hybridized carbons (Fsp3) is 0.846. The normalized spacial score (nSPS) is 22.9. The summed E-state index contributed by atoms with van der Waals surface area (Å²) in [5.74, 6) is 0.470. The van der Waals surface area contributed by atoms with Crippen LogP contribution in [0.3, 0.4) is 0 Å². The molecule has 18 heavy (non-hydrogen) atoms. The van der Waals surface area contributed by atoms with Crippen molar-refractivity contribution in [1.29, 1.82) is 0 Å². The smallest absolute Gasteiger partial charge is 0.241 e. The molecular weight excluding hydrogens is 230 g/mol. The summed E-state index contributed by atoms with van der Waals surface area (Å²) in [6, 6.07) is 0. The highest BCUT2D eigenvalue weighted by molar-refractivity contribution is 5.86. The zero-order chi connectivity index (χ0) is 13.7. The molecule has 1 fully saturated rings. The molecule has 0 aliphatic carbocycles. The molecule has 5 nitrogen and oxygen atoms in total. The Hall–Kier alpha value is -1.10. The van der Waals surface area contributed by atoms with Crippen LogP contribution in [0.25, 0.3) is 0 Å². The van der Waals surface area contributed by atoms with Gasteiger partial charge in [0.15, 0.2) is 0 Å². The number of rotatable bonds is 5. The quantitative estimate of drug-likeness (QED) is 0.762. The number of hydrogen-bond donors (Lipinski definition) is 1. The number of nitrogens with one attached hydrogen (secondary N) is 1. The molecule has 2 amide bonds. The predicted octanol–water partition coefficient (Wildman–Crippen LogP) is 0.169. The van der Waals surface area contributed by atoms with Crippen LogP contribution in [0.1, 0.15) is 20.3 Å². The van der Waals surface area contributed by atoms with Gasteiger partial charge in [0.2, 0.25) is 11.8 Å². The lowest BCUT2D eigenvalue weighted by atomic mass is 9.96. The van der Waals surface area contributed by atoms with Gasteiger partial charge >= 0.3 is 0 Å². The molecule has 1 rings (SSSR count). The third-order valence-corrected chi connectivity index (χ3v) is 3.46. The second-order valence-corrected chi connectivity index (χ2v) is 5.29. The van der Waals surface area contributed by atoms with E-state index in [1.807, 2.05) is 6.92 Å². The molecular formula is C13H25N3O2. The average molecular weight is 255 g/mol. The van der Waals surface area contributed by atoms with E-state index in [9.17, 15) is 9.59 Å². The summed E-state index contributed by atoms with van der Waals surface area (Å²) in [5.41, 5.74) is 0. The Morgan fingerprint density at radius 3 is 2.39 bits per heavy atom. The largest absolute Gasteiger partial charge is 0.347 e. The zero-order valence-electron chi connectivity index (χ0n) is 11.9. The van der Waals surface area contributed by atoms with E-state index in [2.05, 4.69) is 12.2 Å². The minimum atomic E-state index is -0.0181. The van der Waals surface area contributed by atoms with E-state index in [1.54, 1.807) is 19.0 Å². The summed E-state index contributed by atoms with van der Waals surface area (Å²) in [7, 11) is 3.44. The molecule has 0 aromatic rings. The monoisotopic (exact) mass is 255 g/mol. The van der Waals surface area contributed by atoms with Crippen LogP contribution in [0.5, 0.6) is 0 Å². The van der Waals surface area contributed by atoms with Crippen LogP contribution in [0.15, 0.2) is 0 Å². The molecule has 2 unspecified atom stereocenters. The first-order valence-electron chi connectivity index (χ1n) is 6.67. The van der Waals surface area contributed by atoms with Crippen molar-refractivity contribution in [2.45, 2.75) is 20.3 Å². The van der Waals surface area contributed by atoms with Crippen molar-refractivity contribution in [2.75, 3.05) is 40.3 Å². The molecule has 2 atom stereocenters. The summed E-state index contributed by atoms with van der Waals surface area (Å²) < 4.78 is 0. The first-order valence-corrected chi connectivity index (χ1v) is 6.67. The van der Waals surface area contributed by atoms with Gasteiger partial charge in [-0.2, -0.15) is 0 Å². The van der Waals surface area contributed by atoms with Crippen molar-refractivity contribution in [3.05, 3.63) is 0 Å². The lowest BCUT2D eigenvalue weighted by Crippen LogP contribution is -2.44. The van der Waals surface area contributed by atoms with E-state index in [0.717, 1.165) is 19.5 Å². The Kier molecular flexibility index (Phi) is 5.59. The van der Waals surface area contributed by atoms with E-state index >= 15 is 0 Å². The standard InChI is InChI=1S/C13H25N3O2/c1-5-6-16(9-12(17)15(3)4)13(18)11-8-14-7-10(11)2/h10-11,14H,5-9H2,1-4H3. The Bertz CT molecular complexity index is 305. The highest BCUT2D eigenvalue weighted by Crippen LogP contribution is 2.18. The maximum Gasteiger partial charge on any atom is 0.241 e. The Labute approximate surface area is 110 Å². The van der Waals surface area contributed by atoms with Crippen molar-refractivity contribution < 1.29 is 9.59 Å². The summed E-state index contributed by atoms with van der Waals surface area (Å²) in [4.78, 5) is 27.4. The molecule has 5 heteroatoms. The number of hydrogen-bond acceptors (Lipinski definition) is 3. The fourth-order valence-corrected chi connectivity index (χ4v) is 2.22. The maximum atomic E-state index is 12.4. The first kappa shape index (κ1) is 15.0. The topological polar surface area (TPSA) is 52.7 Å². The molecule has 0 aromatic carbocycles. The molecule has 1 heterocycles. The highest BCUT2D eigenvalue weighted by Gasteiger charge is 2.33. The number of amides is 2. The van der Waals surface area contributed by atoms with Gasteiger partial charge in [0.1, 0.15) is 0 Å². The number of likely N-dealkylation sites (N-methyl/N-ethyl adjacent to an activating group) is 1. The van der Waals surface area contributed by atoms with Crippen LogP contribution >= 0.6 is 0 Å². The number of carbonyl (C=O) groups excluding carboxylic acids is 2. The van der Waals surface area contributed by atoms with Crippen molar-refractivity contribution in [1.82, 2.24) is 15.1 Å². The Morgan fingerprint density at radius 2 is 1.94 bits per heavy atom. The lowest BCUT2D eigenvalue weighted by molar-refractivity contribution is -0.142. The van der Waals surface area contributed by atoms with Gasteiger partial charge < -0.3 is 15.1 Å². The van der Waals surface area contributed by atoms with E-state index in [1.165, 1.54) is 4.90 Å². The van der Waals surface area contributed by atoms with Crippen LogP contribution < -0.4 is 5.32 Å². The van der Waals surface area contributed by atoms with Crippen molar-refractivity contribution in [3.8, 4) is 0 Å². The SMILES string of the molecule is CCCN(CC(=O)N(C)C)C(=O)C1CNCC1C. The van der Waals surface area contributed by atoms with E-state index in [0.29, 0.717) is 12.5 Å². The minimum Gasteiger partial charge on any atom is -0.347 e. The van der Waals surface area contributed by atoms with Crippen LogP contribution in [0, 0.1) is 11.8 Å². The van der Waals surface area contributed by atoms with Crippen molar-refractivity contribution in [2.24, 2.45) is 11.8 Å². The van der Waals surface area contributed by atoms with Gasteiger partial charge in [0.05, 0.1) is 12.5 Å². The van der Waals surface area contributed by atoms with Crippen LogP contribution in [-0.4, -0.2) is 61.9 Å².